The maximum atomic E-state index is 13.9. The number of hydrogen-bond acceptors (Lipinski definition) is 4. The molecule has 8 heteroatoms. The number of aryl methyl sites for hydroxylation is 1. The van der Waals surface area contributed by atoms with Gasteiger partial charge < -0.3 is 10.2 Å². The standard InChI is InChI=1S/C29H35N3O4S/c1-4-19-30-29(34)27(20-24-11-7-5-8-12-24)31(21-25-17-15-23(2)16-18-25)28(33)22-32(37(3,35)36)26-13-9-6-10-14-26/h5-18,27H,4,19-22H2,1-3H3,(H,30,34)/t27-/m1/s1. The summed E-state index contributed by atoms with van der Waals surface area (Å²) in [6, 6.07) is 25.0. The van der Waals surface area contributed by atoms with Crippen molar-refractivity contribution in [2.45, 2.75) is 39.3 Å². The fourth-order valence-electron chi connectivity index (χ4n) is 4.02. The number of rotatable bonds is 12. The van der Waals surface area contributed by atoms with Gasteiger partial charge in [0.15, 0.2) is 0 Å². The van der Waals surface area contributed by atoms with Crippen molar-refractivity contribution in [2.75, 3.05) is 23.7 Å². The number of nitrogens with zero attached hydrogens (tertiary/aromatic N) is 2. The van der Waals surface area contributed by atoms with E-state index in [1.54, 1.807) is 30.3 Å². The predicted molar refractivity (Wildman–Crippen MR) is 148 cm³/mol. The van der Waals surface area contributed by atoms with E-state index < -0.39 is 28.5 Å². The average Bonchev–Trinajstić information content (AvgIpc) is 2.89. The second-order valence-electron chi connectivity index (χ2n) is 9.11. The highest BCUT2D eigenvalue weighted by molar-refractivity contribution is 7.92. The quantitative estimate of drug-likeness (QED) is 0.391. The Morgan fingerprint density at radius 3 is 2.03 bits per heavy atom. The molecule has 1 N–H and O–H groups in total. The lowest BCUT2D eigenvalue weighted by Crippen LogP contribution is -2.53. The van der Waals surface area contributed by atoms with Gasteiger partial charge in [-0.05, 0) is 36.6 Å². The van der Waals surface area contributed by atoms with Gasteiger partial charge in [0.2, 0.25) is 21.8 Å². The van der Waals surface area contributed by atoms with Crippen LogP contribution in [0.25, 0.3) is 0 Å². The summed E-state index contributed by atoms with van der Waals surface area (Å²) in [4.78, 5) is 28.8. The van der Waals surface area contributed by atoms with Crippen LogP contribution in [0.15, 0.2) is 84.9 Å². The van der Waals surface area contributed by atoms with Crippen molar-refractivity contribution in [3.63, 3.8) is 0 Å². The summed E-state index contributed by atoms with van der Waals surface area (Å²) in [6.45, 7) is 4.18. The highest BCUT2D eigenvalue weighted by Crippen LogP contribution is 2.20. The number of anilines is 1. The summed E-state index contributed by atoms with van der Waals surface area (Å²) in [5.41, 5.74) is 3.23. The van der Waals surface area contributed by atoms with Gasteiger partial charge in [-0.25, -0.2) is 8.42 Å². The van der Waals surface area contributed by atoms with Crippen molar-refractivity contribution in [3.05, 3.63) is 102 Å². The monoisotopic (exact) mass is 521 g/mol. The molecule has 196 valence electrons. The maximum Gasteiger partial charge on any atom is 0.244 e. The number of amides is 2. The van der Waals surface area contributed by atoms with E-state index in [2.05, 4.69) is 5.32 Å². The number of sulfonamides is 1. The Balaban J connectivity index is 2.01. The molecule has 0 saturated heterocycles. The van der Waals surface area contributed by atoms with E-state index in [-0.39, 0.29) is 12.5 Å². The Morgan fingerprint density at radius 2 is 1.46 bits per heavy atom. The van der Waals surface area contributed by atoms with E-state index in [9.17, 15) is 18.0 Å². The molecule has 3 aromatic rings. The minimum Gasteiger partial charge on any atom is -0.354 e. The highest BCUT2D eigenvalue weighted by atomic mass is 32.2. The lowest BCUT2D eigenvalue weighted by atomic mass is 10.0. The molecule has 3 rings (SSSR count). The van der Waals surface area contributed by atoms with Gasteiger partial charge in [0, 0.05) is 19.5 Å². The Morgan fingerprint density at radius 1 is 0.865 bits per heavy atom. The Bertz CT molecular complexity index is 1260. The Hall–Kier alpha value is -3.65. The van der Waals surface area contributed by atoms with Crippen LogP contribution in [0.1, 0.15) is 30.0 Å². The molecule has 0 aliphatic rings. The van der Waals surface area contributed by atoms with Crippen LogP contribution in [0, 0.1) is 6.92 Å². The number of nitrogens with one attached hydrogen (secondary N) is 1. The molecule has 2 amide bonds. The summed E-state index contributed by atoms with van der Waals surface area (Å²) in [5, 5.41) is 2.93. The third kappa shape index (κ3) is 8.18. The summed E-state index contributed by atoms with van der Waals surface area (Å²) < 4.78 is 26.5. The minimum absolute atomic E-state index is 0.169. The molecule has 0 unspecified atom stereocenters. The average molecular weight is 522 g/mol. The van der Waals surface area contributed by atoms with Crippen LogP contribution in [0.3, 0.4) is 0 Å². The van der Waals surface area contributed by atoms with Crippen LogP contribution in [-0.4, -0.2) is 50.5 Å². The first-order chi connectivity index (χ1) is 17.7. The van der Waals surface area contributed by atoms with Gasteiger partial charge >= 0.3 is 0 Å². The van der Waals surface area contributed by atoms with Gasteiger partial charge in [0.05, 0.1) is 11.9 Å². The van der Waals surface area contributed by atoms with Crippen LogP contribution < -0.4 is 9.62 Å². The van der Waals surface area contributed by atoms with Crippen LogP contribution in [-0.2, 0) is 32.6 Å². The van der Waals surface area contributed by atoms with Crippen LogP contribution in [0.4, 0.5) is 5.69 Å². The highest BCUT2D eigenvalue weighted by Gasteiger charge is 2.32. The van der Waals surface area contributed by atoms with Crippen molar-refractivity contribution >= 4 is 27.5 Å². The predicted octanol–water partition coefficient (Wildman–Crippen LogP) is 3.93. The van der Waals surface area contributed by atoms with Gasteiger partial charge in [-0.1, -0.05) is 85.3 Å². The molecule has 0 saturated carbocycles. The van der Waals surface area contributed by atoms with E-state index >= 15 is 0 Å². The Labute approximate surface area is 220 Å². The van der Waals surface area contributed by atoms with Gasteiger partial charge in [0.25, 0.3) is 0 Å². The molecule has 0 aliphatic heterocycles. The fraction of sp³-hybridized carbons (Fsp3) is 0.310. The molecule has 7 nitrogen and oxygen atoms in total. The summed E-state index contributed by atoms with van der Waals surface area (Å²) in [7, 11) is -3.76. The van der Waals surface area contributed by atoms with Gasteiger partial charge in [0.1, 0.15) is 12.6 Å². The summed E-state index contributed by atoms with van der Waals surface area (Å²) in [6.07, 6.45) is 2.14. The van der Waals surface area contributed by atoms with Crippen LogP contribution in [0.5, 0.6) is 0 Å². The van der Waals surface area contributed by atoms with Crippen molar-refractivity contribution < 1.29 is 18.0 Å². The third-order valence-electron chi connectivity index (χ3n) is 6.02. The smallest absolute Gasteiger partial charge is 0.244 e. The van der Waals surface area contributed by atoms with Gasteiger partial charge in [-0.3, -0.25) is 13.9 Å². The molecular formula is C29H35N3O4S. The Kier molecular flexibility index (Phi) is 9.85. The first kappa shape index (κ1) is 27.9. The van der Waals surface area contributed by atoms with Gasteiger partial charge in [-0.2, -0.15) is 0 Å². The molecule has 0 bridgehead atoms. The minimum atomic E-state index is -3.76. The van der Waals surface area contributed by atoms with Crippen molar-refractivity contribution in [1.29, 1.82) is 0 Å². The molecule has 0 aromatic heterocycles. The lowest BCUT2D eigenvalue weighted by Gasteiger charge is -2.33. The van der Waals surface area contributed by atoms with E-state index in [1.807, 2.05) is 68.4 Å². The van der Waals surface area contributed by atoms with E-state index in [1.165, 1.54) is 4.90 Å². The first-order valence-electron chi connectivity index (χ1n) is 12.4. The molecule has 37 heavy (non-hydrogen) atoms. The SMILES string of the molecule is CCCNC(=O)[C@@H](Cc1ccccc1)N(Cc1ccc(C)cc1)C(=O)CN(c1ccccc1)S(C)(=O)=O. The topological polar surface area (TPSA) is 86.8 Å². The maximum absolute atomic E-state index is 13.9. The number of para-hydroxylation sites is 1. The zero-order valence-electron chi connectivity index (χ0n) is 21.6. The lowest BCUT2D eigenvalue weighted by molar-refractivity contribution is -0.140. The fourth-order valence-corrected chi connectivity index (χ4v) is 4.87. The molecule has 0 heterocycles. The van der Waals surface area contributed by atoms with E-state index in [0.29, 0.717) is 18.7 Å². The number of carbonyl (C=O) groups excluding carboxylic acids is 2. The summed E-state index contributed by atoms with van der Waals surface area (Å²) >= 11 is 0. The number of benzene rings is 3. The molecule has 3 aromatic carbocycles. The molecular weight excluding hydrogens is 486 g/mol. The number of carbonyl (C=O) groups is 2. The third-order valence-corrected chi connectivity index (χ3v) is 7.16. The zero-order chi connectivity index (χ0) is 26.8. The second kappa shape index (κ2) is 13.1. The second-order valence-corrected chi connectivity index (χ2v) is 11.0. The van der Waals surface area contributed by atoms with E-state index in [4.69, 9.17) is 0 Å². The zero-order valence-corrected chi connectivity index (χ0v) is 22.4. The van der Waals surface area contributed by atoms with Crippen molar-refractivity contribution in [2.24, 2.45) is 0 Å². The van der Waals surface area contributed by atoms with Gasteiger partial charge in [-0.15, -0.1) is 0 Å². The van der Waals surface area contributed by atoms with Crippen molar-refractivity contribution in [1.82, 2.24) is 10.2 Å². The van der Waals surface area contributed by atoms with Crippen LogP contribution in [0.2, 0.25) is 0 Å². The largest absolute Gasteiger partial charge is 0.354 e. The summed E-state index contributed by atoms with van der Waals surface area (Å²) in [5.74, 6) is -0.723. The molecule has 0 aliphatic carbocycles. The normalized spacial score (nSPS) is 12.0. The van der Waals surface area contributed by atoms with E-state index in [0.717, 1.165) is 33.7 Å². The molecule has 0 fully saturated rings. The van der Waals surface area contributed by atoms with Crippen LogP contribution >= 0.6 is 0 Å². The molecule has 0 spiro atoms. The molecule has 0 radical (unpaired) electrons. The molecule has 1 atom stereocenters. The number of hydrogen-bond donors (Lipinski definition) is 1. The first-order valence-corrected chi connectivity index (χ1v) is 14.2. The van der Waals surface area contributed by atoms with Crippen molar-refractivity contribution in [3.8, 4) is 0 Å².